The van der Waals surface area contributed by atoms with E-state index in [4.69, 9.17) is 14.2 Å². The molecule has 0 fully saturated rings. The lowest BCUT2D eigenvalue weighted by Crippen LogP contribution is -2.33. The summed E-state index contributed by atoms with van der Waals surface area (Å²) in [5.41, 5.74) is 0.388. The van der Waals surface area contributed by atoms with Crippen LogP contribution >= 0.6 is 0 Å². The van der Waals surface area contributed by atoms with Gasteiger partial charge in [-0.15, -0.1) is 0 Å². The summed E-state index contributed by atoms with van der Waals surface area (Å²) in [6.07, 6.45) is 6.49. The number of ether oxygens (including phenoxy) is 3. The molecular formula is C25H28N4O6. The summed E-state index contributed by atoms with van der Waals surface area (Å²) >= 11 is 0. The first-order valence-electron chi connectivity index (χ1n) is 11.3. The molecule has 0 aliphatic rings. The summed E-state index contributed by atoms with van der Waals surface area (Å²) in [4.78, 5) is 47.6. The number of allylic oxidation sites excluding steroid dienone is 2. The van der Waals surface area contributed by atoms with Gasteiger partial charge in [-0.05, 0) is 44.5 Å². The highest BCUT2D eigenvalue weighted by molar-refractivity contribution is 5.93. The molecule has 0 aromatic carbocycles. The van der Waals surface area contributed by atoms with Gasteiger partial charge in [-0.2, -0.15) is 4.99 Å². The maximum absolute atomic E-state index is 13.3. The summed E-state index contributed by atoms with van der Waals surface area (Å²) in [6.45, 7) is 8.12. The van der Waals surface area contributed by atoms with Gasteiger partial charge in [0.25, 0.3) is 11.5 Å². The van der Waals surface area contributed by atoms with E-state index in [9.17, 15) is 14.4 Å². The molecule has 10 heteroatoms. The van der Waals surface area contributed by atoms with Crippen LogP contribution < -0.4 is 11.0 Å². The zero-order valence-corrected chi connectivity index (χ0v) is 19.8. The first kappa shape index (κ1) is 25.6. The summed E-state index contributed by atoms with van der Waals surface area (Å²) in [6, 6.07) is 6.56. The van der Waals surface area contributed by atoms with E-state index < -0.39 is 11.9 Å². The zero-order chi connectivity index (χ0) is 25.2. The van der Waals surface area contributed by atoms with Gasteiger partial charge in [0.1, 0.15) is 16.9 Å². The quantitative estimate of drug-likeness (QED) is 0.136. The lowest BCUT2D eigenvalue weighted by Gasteiger charge is -2.15. The molecule has 3 rings (SSSR count). The van der Waals surface area contributed by atoms with Gasteiger partial charge in [0.15, 0.2) is 12.1 Å². The van der Waals surface area contributed by atoms with E-state index >= 15 is 0 Å². The first-order chi connectivity index (χ1) is 17.0. The smallest absolute Gasteiger partial charge is 0.341 e. The second-order valence-corrected chi connectivity index (χ2v) is 7.27. The molecule has 3 heterocycles. The van der Waals surface area contributed by atoms with Crippen molar-refractivity contribution in [3.05, 3.63) is 76.9 Å². The van der Waals surface area contributed by atoms with E-state index in [0.29, 0.717) is 37.5 Å². The van der Waals surface area contributed by atoms with Gasteiger partial charge in [-0.1, -0.05) is 18.7 Å². The van der Waals surface area contributed by atoms with E-state index in [1.54, 1.807) is 35.9 Å². The number of fused-ring (bicyclic) bond motifs is 2. The van der Waals surface area contributed by atoms with Gasteiger partial charge in [0, 0.05) is 26.0 Å². The molecule has 0 aliphatic heterocycles. The van der Waals surface area contributed by atoms with Gasteiger partial charge >= 0.3 is 5.97 Å². The Morgan fingerprint density at radius 1 is 1.23 bits per heavy atom. The van der Waals surface area contributed by atoms with Crippen LogP contribution in [-0.4, -0.2) is 52.3 Å². The molecule has 0 saturated carbocycles. The summed E-state index contributed by atoms with van der Waals surface area (Å²) in [5, 5.41) is 0.199. The van der Waals surface area contributed by atoms with Crippen molar-refractivity contribution in [2.45, 2.75) is 26.8 Å². The Morgan fingerprint density at radius 3 is 2.80 bits per heavy atom. The Kier molecular flexibility index (Phi) is 9.08. The Morgan fingerprint density at radius 2 is 2.06 bits per heavy atom. The highest BCUT2D eigenvalue weighted by Crippen LogP contribution is 2.12. The van der Waals surface area contributed by atoms with Crippen LogP contribution in [-0.2, 0) is 25.5 Å². The predicted octanol–water partition coefficient (Wildman–Crippen LogP) is 2.40. The molecule has 0 aliphatic carbocycles. The predicted molar refractivity (Wildman–Crippen MR) is 130 cm³/mol. The largest absolute Gasteiger partial charge is 0.491 e. The maximum Gasteiger partial charge on any atom is 0.341 e. The summed E-state index contributed by atoms with van der Waals surface area (Å²) < 4.78 is 18.8. The van der Waals surface area contributed by atoms with E-state index in [-0.39, 0.29) is 35.2 Å². The molecule has 0 radical (unpaired) electrons. The van der Waals surface area contributed by atoms with Crippen LogP contribution in [0.3, 0.4) is 0 Å². The monoisotopic (exact) mass is 480 g/mol. The van der Waals surface area contributed by atoms with Gasteiger partial charge < -0.3 is 18.8 Å². The number of rotatable bonds is 11. The number of hydrogen-bond acceptors (Lipinski definition) is 7. The molecule has 0 saturated heterocycles. The normalized spacial score (nSPS) is 11.9. The number of hydrogen-bond donors (Lipinski definition) is 0. The topological polar surface area (TPSA) is 113 Å². The second kappa shape index (κ2) is 12.4. The molecule has 0 N–H and O–H groups in total. The zero-order valence-electron chi connectivity index (χ0n) is 19.8. The second-order valence-electron chi connectivity index (χ2n) is 7.27. The van der Waals surface area contributed by atoms with Gasteiger partial charge in [0.2, 0.25) is 0 Å². The molecule has 0 spiro atoms. The van der Waals surface area contributed by atoms with Crippen LogP contribution in [0.1, 0.15) is 30.6 Å². The van der Waals surface area contributed by atoms with Crippen molar-refractivity contribution >= 4 is 28.6 Å². The van der Waals surface area contributed by atoms with Crippen molar-refractivity contribution in [3.8, 4) is 0 Å². The minimum absolute atomic E-state index is 0.0134. The molecule has 3 aromatic heterocycles. The maximum atomic E-state index is 13.3. The van der Waals surface area contributed by atoms with Gasteiger partial charge in [-0.25, -0.2) is 9.78 Å². The molecule has 0 bridgehead atoms. The van der Waals surface area contributed by atoms with E-state index in [1.807, 2.05) is 6.92 Å². The van der Waals surface area contributed by atoms with Crippen molar-refractivity contribution in [3.63, 3.8) is 0 Å². The van der Waals surface area contributed by atoms with Crippen molar-refractivity contribution in [1.29, 1.82) is 0 Å². The van der Waals surface area contributed by atoms with Crippen LogP contribution in [0.4, 0.5) is 0 Å². The lowest BCUT2D eigenvalue weighted by atomic mass is 10.2. The van der Waals surface area contributed by atoms with Crippen molar-refractivity contribution in [1.82, 2.24) is 14.0 Å². The van der Waals surface area contributed by atoms with Crippen LogP contribution in [0.15, 0.2) is 65.2 Å². The summed E-state index contributed by atoms with van der Waals surface area (Å²) in [5.74, 6) is -1.33. The van der Waals surface area contributed by atoms with E-state index in [1.165, 1.54) is 28.9 Å². The van der Waals surface area contributed by atoms with Crippen LogP contribution in [0, 0.1) is 0 Å². The van der Waals surface area contributed by atoms with E-state index in [2.05, 4.69) is 16.6 Å². The number of amides is 1. The standard InChI is InChI=1S/C25H28N4O6/c1-4-7-14-34-17-21(30)27-23-19(25(32)35-6-3)16-18-22(29(23)13-10-15-33-5-2)26-20-11-8-9-12-28(20)24(18)31/h4,7-9,11-12,14,16H,1,5-6,10,13,15,17H2,2-3H3. The Hall–Kier alpha value is -4.05. The average Bonchev–Trinajstić information content (AvgIpc) is 2.85. The Bertz CT molecular complexity index is 1390. The van der Waals surface area contributed by atoms with Crippen molar-refractivity contribution in [2.75, 3.05) is 26.4 Å². The fraction of sp³-hybridized carbons (Fsp3) is 0.320. The van der Waals surface area contributed by atoms with Gasteiger partial charge in [0.05, 0.1) is 18.3 Å². The number of carbonyl (C=O) groups is 2. The van der Waals surface area contributed by atoms with Crippen molar-refractivity contribution in [2.24, 2.45) is 4.99 Å². The fourth-order valence-electron chi connectivity index (χ4n) is 3.42. The fourth-order valence-corrected chi connectivity index (χ4v) is 3.42. The third kappa shape index (κ3) is 6.10. The first-order valence-corrected chi connectivity index (χ1v) is 11.3. The average molecular weight is 481 g/mol. The number of esters is 1. The third-order valence-electron chi connectivity index (χ3n) is 4.91. The molecule has 35 heavy (non-hydrogen) atoms. The number of carbonyl (C=O) groups excluding carboxylic acids is 2. The summed E-state index contributed by atoms with van der Waals surface area (Å²) in [7, 11) is 0. The van der Waals surface area contributed by atoms with Crippen LogP contribution in [0.2, 0.25) is 0 Å². The molecule has 184 valence electrons. The minimum Gasteiger partial charge on any atom is -0.491 e. The van der Waals surface area contributed by atoms with Crippen molar-refractivity contribution < 1.29 is 23.8 Å². The third-order valence-corrected chi connectivity index (χ3v) is 4.91. The highest BCUT2D eigenvalue weighted by Gasteiger charge is 2.20. The molecule has 10 nitrogen and oxygen atoms in total. The Balaban J connectivity index is 2.30. The number of aryl methyl sites for hydroxylation is 1. The lowest BCUT2D eigenvalue weighted by molar-refractivity contribution is -0.120. The molecule has 0 atom stereocenters. The van der Waals surface area contributed by atoms with Crippen LogP contribution in [0.5, 0.6) is 0 Å². The molecule has 3 aromatic rings. The number of nitrogens with zero attached hydrogens (tertiary/aromatic N) is 4. The molecule has 0 unspecified atom stereocenters. The van der Waals surface area contributed by atoms with E-state index in [0.717, 1.165) is 0 Å². The van der Waals surface area contributed by atoms with Gasteiger partial charge in [-0.3, -0.25) is 14.0 Å². The molecule has 1 amide bonds. The molecular weight excluding hydrogens is 452 g/mol. The SMILES string of the molecule is C=CC=COCC(=O)N=c1c(C(=O)OCC)cc2c(=O)n3ccccc3nc2n1CCCOCC. The Labute approximate surface area is 201 Å². The van der Waals surface area contributed by atoms with Crippen LogP contribution in [0.25, 0.3) is 16.7 Å². The number of pyridine rings is 2. The highest BCUT2D eigenvalue weighted by atomic mass is 16.5. The number of aromatic nitrogens is 3. The minimum atomic E-state index is -0.704.